The van der Waals surface area contributed by atoms with Crippen LogP contribution in [0.2, 0.25) is 0 Å². The first-order chi connectivity index (χ1) is 25.0. The average Bonchev–Trinajstić information content (AvgIpc) is 3.13. The first kappa shape index (κ1) is 49.6. The van der Waals surface area contributed by atoms with Crippen molar-refractivity contribution in [1.29, 1.82) is 0 Å². The van der Waals surface area contributed by atoms with E-state index in [0.29, 0.717) is 25.9 Å². The van der Waals surface area contributed by atoms with Gasteiger partial charge in [-0.25, -0.2) is 0 Å². The molecule has 1 amide bonds. The lowest BCUT2D eigenvalue weighted by molar-refractivity contribution is -0.143. The van der Waals surface area contributed by atoms with Crippen molar-refractivity contribution in [3.05, 3.63) is 12.2 Å². The summed E-state index contributed by atoms with van der Waals surface area (Å²) in [5.41, 5.74) is 0. The van der Waals surface area contributed by atoms with E-state index in [9.17, 15) is 19.8 Å². The van der Waals surface area contributed by atoms with Crippen molar-refractivity contribution in [1.82, 2.24) is 5.32 Å². The molecular formula is C45H87NO5. The van der Waals surface area contributed by atoms with E-state index in [4.69, 9.17) is 4.74 Å². The number of carbonyl (C=O) groups is 2. The van der Waals surface area contributed by atoms with E-state index in [-0.39, 0.29) is 18.5 Å². The van der Waals surface area contributed by atoms with E-state index in [1.165, 1.54) is 128 Å². The van der Waals surface area contributed by atoms with Crippen molar-refractivity contribution < 1.29 is 24.5 Å². The summed E-state index contributed by atoms with van der Waals surface area (Å²) in [5, 5.41) is 23.0. The molecule has 6 heteroatoms. The SMILES string of the molecule is CCCCCCCCCCCCCCCC(=O)OCCCCC/C=C\CCCCCCCC(=O)NC(CO)C(O)CCCCCCCCCCC. The van der Waals surface area contributed by atoms with Gasteiger partial charge in [-0.15, -0.1) is 0 Å². The highest BCUT2D eigenvalue weighted by molar-refractivity contribution is 5.76. The molecule has 3 N–H and O–H groups in total. The molecule has 0 heterocycles. The van der Waals surface area contributed by atoms with Gasteiger partial charge in [0.25, 0.3) is 0 Å². The van der Waals surface area contributed by atoms with Gasteiger partial charge in [0.05, 0.1) is 25.4 Å². The number of nitrogens with one attached hydrogen (secondary N) is 1. The molecule has 2 atom stereocenters. The highest BCUT2D eigenvalue weighted by atomic mass is 16.5. The Balaban J connectivity index is 3.49. The first-order valence-electron chi connectivity index (χ1n) is 22.4. The Morgan fingerprint density at radius 1 is 0.529 bits per heavy atom. The normalized spacial score (nSPS) is 12.8. The zero-order valence-corrected chi connectivity index (χ0v) is 34.1. The molecule has 0 saturated carbocycles. The minimum absolute atomic E-state index is 0.0220. The molecule has 6 nitrogen and oxygen atoms in total. The van der Waals surface area contributed by atoms with Crippen molar-refractivity contribution in [2.45, 2.75) is 251 Å². The summed E-state index contributed by atoms with van der Waals surface area (Å²) in [5.74, 6) is -0.0856. The van der Waals surface area contributed by atoms with Crippen LogP contribution >= 0.6 is 0 Å². The summed E-state index contributed by atoms with van der Waals surface area (Å²) in [4.78, 5) is 24.3. The summed E-state index contributed by atoms with van der Waals surface area (Å²) >= 11 is 0. The van der Waals surface area contributed by atoms with Gasteiger partial charge in [-0.1, -0.05) is 180 Å². The Bertz CT molecular complexity index is 757. The molecule has 0 aliphatic heterocycles. The molecule has 0 aliphatic carbocycles. The number of aliphatic hydroxyl groups excluding tert-OH is 2. The van der Waals surface area contributed by atoms with Crippen molar-refractivity contribution in [2.75, 3.05) is 13.2 Å². The summed E-state index contributed by atoms with van der Waals surface area (Å²) in [6, 6.07) is -0.556. The van der Waals surface area contributed by atoms with Crippen molar-refractivity contribution >= 4 is 11.9 Å². The zero-order valence-electron chi connectivity index (χ0n) is 34.1. The summed E-state index contributed by atoms with van der Waals surface area (Å²) < 4.78 is 5.43. The number of hydrogen-bond acceptors (Lipinski definition) is 5. The van der Waals surface area contributed by atoms with E-state index >= 15 is 0 Å². The molecule has 0 aromatic heterocycles. The smallest absolute Gasteiger partial charge is 0.305 e. The molecule has 0 rings (SSSR count). The Morgan fingerprint density at radius 2 is 0.922 bits per heavy atom. The van der Waals surface area contributed by atoms with E-state index in [1.807, 2.05) is 0 Å². The Kier molecular flexibility index (Phi) is 40.2. The third kappa shape index (κ3) is 38.1. The zero-order chi connectivity index (χ0) is 37.3. The van der Waals surface area contributed by atoms with Gasteiger partial charge in [-0.3, -0.25) is 9.59 Å². The standard InChI is InChI=1S/C45H87NO5/c1-3-5-7-9-11-13-14-15-19-23-27-31-35-39-45(50)51-40-36-32-28-24-20-17-16-18-22-26-30-34-38-44(49)46-42(41-47)43(48)37-33-29-25-21-12-10-8-6-4-2/h17,20,42-43,47-48H,3-16,18-19,21-41H2,1-2H3,(H,46,49)/b20-17-. The Morgan fingerprint density at radius 3 is 1.39 bits per heavy atom. The maximum absolute atomic E-state index is 12.3. The predicted octanol–water partition coefficient (Wildman–Crippen LogP) is 12.6. The van der Waals surface area contributed by atoms with Crippen LogP contribution in [0.25, 0.3) is 0 Å². The lowest BCUT2D eigenvalue weighted by Gasteiger charge is -2.22. The molecule has 0 radical (unpaired) electrons. The predicted molar refractivity (Wildman–Crippen MR) is 218 cm³/mol. The lowest BCUT2D eigenvalue weighted by atomic mass is 10.0. The fraction of sp³-hybridized carbons (Fsp3) is 0.911. The van der Waals surface area contributed by atoms with Gasteiger partial charge in [-0.2, -0.15) is 0 Å². The molecule has 0 bridgehead atoms. The average molecular weight is 722 g/mol. The fourth-order valence-corrected chi connectivity index (χ4v) is 6.81. The van der Waals surface area contributed by atoms with Crippen LogP contribution in [0.1, 0.15) is 239 Å². The molecular weight excluding hydrogens is 634 g/mol. The number of carbonyl (C=O) groups excluding carboxylic acids is 2. The number of rotatable bonds is 41. The molecule has 0 aromatic carbocycles. The van der Waals surface area contributed by atoms with E-state index < -0.39 is 12.1 Å². The second-order valence-corrected chi connectivity index (χ2v) is 15.4. The minimum Gasteiger partial charge on any atom is -0.466 e. The van der Waals surface area contributed by atoms with Crippen LogP contribution in [0.4, 0.5) is 0 Å². The van der Waals surface area contributed by atoms with E-state index in [0.717, 1.165) is 77.0 Å². The molecule has 0 saturated heterocycles. The molecule has 2 unspecified atom stereocenters. The van der Waals surface area contributed by atoms with Crippen LogP contribution in [0.3, 0.4) is 0 Å². The monoisotopic (exact) mass is 722 g/mol. The summed E-state index contributed by atoms with van der Waals surface area (Å²) in [6.07, 6.45) is 44.6. The largest absolute Gasteiger partial charge is 0.466 e. The van der Waals surface area contributed by atoms with Crippen LogP contribution in [0.5, 0.6) is 0 Å². The molecule has 0 aromatic rings. The number of allylic oxidation sites excluding steroid dienone is 2. The van der Waals surface area contributed by atoms with Gasteiger partial charge in [0.1, 0.15) is 0 Å². The second-order valence-electron chi connectivity index (χ2n) is 15.4. The Labute approximate surface area is 317 Å². The first-order valence-corrected chi connectivity index (χ1v) is 22.4. The van der Waals surface area contributed by atoms with E-state index in [1.54, 1.807) is 0 Å². The second kappa shape index (κ2) is 41.4. The number of esters is 1. The van der Waals surface area contributed by atoms with Gasteiger partial charge in [0, 0.05) is 12.8 Å². The Hall–Kier alpha value is -1.40. The van der Waals surface area contributed by atoms with Crippen LogP contribution in [0, 0.1) is 0 Å². The topological polar surface area (TPSA) is 95.9 Å². The summed E-state index contributed by atoms with van der Waals surface area (Å²) in [7, 11) is 0. The van der Waals surface area contributed by atoms with Crippen LogP contribution in [-0.2, 0) is 14.3 Å². The quantitative estimate of drug-likeness (QED) is 0.0332. The lowest BCUT2D eigenvalue weighted by Crippen LogP contribution is -2.45. The molecule has 302 valence electrons. The van der Waals surface area contributed by atoms with E-state index in [2.05, 4.69) is 31.3 Å². The molecule has 51 heavy (non-hydrogen) atoms. The van der Waals surface area contributed by atoms with Crippen LogP contribution in [-0.4, -0.2) is 47.4 Å². The van der Waals surface area contributed by atoms with Gasteiger partial charge in [-0.05, 0) is 57.8 Å². The van der Waals surface area contributed by atoms with Crippen molar-refractivity contribution in [3.8, 4) is 0 Å². The number of hydrogen-bond donors (Lipinski definition) is 3. The highest BCUT2D eigenvalue weighted by Crippen LogP contribution is 2.15. The highest BCUT2D eigenvalue weighted by Gasteiger charge is 2.20. The van der Waals surface area contributed by atoms with Gasteiger partial charge in [0.2, 0.25) is 5.91 Å². The van der Waals surface area contributed by atoms with Crippen LogP contribution < -0.4 is 5.32 Å². The maximum atomic E-state index is 12.3. The van der Waals surface area contributed by atoms with Gasteiger partial charge in [0.15, 0.2) is 0 Å². The van der Waals surface area contributed by atoms with Crippen molar-refractivity contribution in [3.63, 3.8) is 0 Å². The van der Waals surface area contributed by atoms with Crippen molar-refractivity contribution in [2.24, 2.45) is 0 Å². The number of unbranched alkanes of at least 4 members (excludes halogenated alkanes) is 28. The van der Waals surface area contributed by atoms with Crippen LogP contribution in [0.15, 0.2) is 12.2 Å². The third-order valence-electron chi connectivity index (χ3n) is 10.3. The number of aliphatic hydroxyl groups is 2. The molecule has 0 fully saturated rings. The third-order valence-corrected chi connectivity index (χ3v) is 10.3. The maximum Gasteiger partial charge on any atom is 0.305 e. The van der Waals surface area contributed by atoms with Gasteiger partial charge < -0.3 is 20.3 Å². The fourth-order valence-electron chi connectivity index (χ4n) is 6.81. The minimum atomic E-state index is -0.676. The molecule has 0 aliphatic rings. The van der Waals surface area contributed by atoms with Gasteiger partial charge >= 0.3 is 5.97 Å². The summed E-state index contributed by atoms with van der Waals surface area (Å²) in [6.45, 7) is 4.86. The number of amides is 1. The number of ether oxygens (including phenoxy) is 1. The molecule has 0 spiro atoms.